The standard InChI is InChI=1S/C14H10BrNO3S/c1-16-12-5-3-2-4-10(12)14(17)11-7-6-9(15)8-13(11)20(16,18)19/h2-8H,1H3. The summed E-state index contributed by atoms with van der Waals surface area (Å²) >= 11 is 3.25. The molecule has 0 N–H and O–H groups in total. The van der Waals surface area contributed by atoms with E-state index in [-0.39, 0.29) is 16.2 Å². The lowest BCUT2D eigenvalue weighted by Crippen LogP contribution is -2.26. The van der Waals surface area contributed by atoms with Crippen molar-refractivity contribution in [3.63, 3.8) is 0 Å². The highest BCUT2D eigenvalue weighted by molar-refractivity contribution is 9.10. The number of hydrogen-bond donors (Lipinski definition) is 0. The fourth-order valence-electron chi connectivity index (χ4n) is 2.26. The Hall–Kier alpha value is -1.66. The van der Waals surface area contributed by atoms with Gasteiger partial charge in [-0.1, -0.05) is 28.1 Å². The van der Waals surface area contributed by atoms with Gasteiger partial charge >= 0.3 is 0 Å². The predicted molar refractivity (Wildman–Crippen MR) is 79.6 cm³/mol. The van der Waals surface area contributed by atoms with Crippen LogP contribution in [0.2, 0.25) is 0 Å². The SMILES string of the molecule is CN1c2ccccc2C(=O)c2ccc(Br)cc2S1(=O)=O. The van der Waals surface area contributed by atoms with Gasteiger partial charge < -0.3 is 0 Å². The average Bonchev–Trinajstić information content (AvgIpc) is 2.50. The van der Waals surface area contributed by atoms with E-state index in [4.69, 9.17) is 0 Å². The number of anilines is 1. The van der Waals surface area contributed by atoms with Crippen LogP contribution in [-0.2, 0) is 10.0 Å². The summed E-state index contributed by atoms with van der Waals surface area (Å²) in [7, 11) is -2.29. The van der Waals surface area contributed by atoms with E-state index in [9.17, 15) is 13.2 Å². The highest BCUT2D eigenvalue weighted by Crippen LogP contribution is 2.34. The number of nitrogens with zero attached hydrogens (tertiary/aromatic N) is 1. The summed E-state index contributed by atoms with van der Waals surface area (Å²) in [5.74, 6) is -0.281. The van der Waals surface area contributed by atoms with Crippen LogP contribution in [0, 0.1) is 0 Å². The molecule has 0 atom stereocenters. The van der Waals surface area contributed by atoms with E-state index in [2.05, 4.69) is 15.9 Å². The van der Waals surface area contributed by atoms with Crippen LogP contribution in [0.4, 0.5) is 5.69 Å². The third-order valence-electron chi connectivity index (χ3n) is 3.31. The minimum atomic E-state index is -3.74. The molecular formula is C14H10BrNO3S. The summed E-state index contributed by atoms with van der Waals surface area (Å²) in [6.45, 7) is 0. The number of carbonyl (C=O) groups is 1. The molecule has 4 nitrogen and oxygen atoms in total. The molecule has 102 valence electrons. The van der Waals surface area contributed by atoms with Gasteiger partial charge in [0, 0.05) is 22.6 Å². The molecule has 1 aliphatic heterocycles. The highest BCUT2D eigenvalue weighted by atomic mass is 79.9. The van der Waals surface area contributed by atoms with Gasteiger partial charge in [-0.15, -0.1) is 0 Å². The molecular weight excluding hydrogens is 342 g/mol. The van der Waals surface area contributed by atoms with E-state index < -0.39 is 10.0 Å². The lowest BCUT2D eigenvalue weighted by atomic mass is 10.0. The van der Waals surface area contributed by atoms with Crippen molar-refractivity contribution in [2.45, 2.75) is 4.90 Å². The van der Waals surface area contributed by atoms with Crippen LogP contribution in [0.15, 0.2) is 51.8 Å². The summed E-state index contributed by atoms with van der Waals surface area (Å²) in [6, 6.07) is 11.4. The minimum absolute atomic E-state index is 0.0237. The Morgan fingerprint density at radius 2 is 1.75 bits per heavy atom. The van der Waals surface area contributed by atoms with Crippen molar-refractivity contribution in [2.75, 3.05) is 11.4 Å². The summed E-state index contributed by atoms with van der Waals surface area (Å²) in [5.41, 5.74) is 0.981. The molecule has 0 amide bonds. The van der Waals surface area contributed by atoms with Crippen molar-refractivity contribution < 1.29 is 13.2 Å². The van der Waals surface area contributed by atoms with Crippen molar-refractivity contribution in [2.24, 2.45) is 0 Å². The Balaban J connectivity index is 2.44. The van der Waals surface area contributed by atoms with Crippen molar-refractivity contribution in [3.8, 4) is 0 Å². The molecule has 2 aromatic carbocycles. The van der Waals surface area contributed by atoms with Gasteiger partial charge in [0.1, 0.15) is 0 Å². The lowest BCUT2D eigenvalue weighted by molar-refractivity contribution is 0.103. The second-order valence-electron chi connectivity index (χ2n) is 4.46. The first kappa shape index (κ1) is 13.3. The maximum Gasteiger partial charge on any atom is 0.264 e. The Labute approximate surface area is 125 Å². The van der Waals surface area contributed by atoms with E-state index in [0.29, 0.717) is 15.7 Å². The monoisotopic (exact) mass is 351 g/mol. The third-order valence-corrected chi connectivity index (χ3v) is 5.62. The largest absolute Gasteiger partial charge is 0.288 e. The number of halogens is 1. The normalized spacial score (nSPS) is 16.3. The Kier molecular flexibility index (Phi) is 2.95. The number of ketones is 1. The van der Waals surface area contributed by atoms with Crippen LogP contribution in [0.3, 0.4) is 0 Å². The van der Waals surface area contributed by atoms with E-state index in [0.717, 1.165) is 4.31 Å². The summed E-state index contributed by atoms with van der Waals surface area (Å²) < 4.78 is 27.0. The lowest BCUT2D eigenvalue weighted by Gasteiger charge is -2.18. The van der Waals surface area contributed by atoms with Crippen molar-refractivity contribution >= 4 is 37.4 Å². The summed E-state index contributed by atoms with van der Waals surface area (Å²) in [6.07, 6.45) is 0. The first-order chi connectivity index (χ1) is 9.43. The van der Waals surface area contributed by atoms with Crippen LogP contribution in [0.5, 0.6) is 0 Å². The Morgan fingerprint density at radius 1 is 1.05 bits per heavy atom. The molecule has 0 spiro atoms. The molecule has 0 aromatic heterocycles. The van der Waals surface area contributed by atoms with Crippen molar-refractivity contribution in [1.29, 1.82) is 0 Å². The van der Waals surface area contributed by atoms with E-state index in [1.54, 1.807) is 30.3 Å². The molecule has 0 aliphatic carbocycles. The smallest absolute Gasteiger partial charge is 0.264 e. The van der Waals surface area contributed by atoms with Gasteiger partial charge in [-0.2, -0.15) is 0 Å². The zero-order valence-electron chi connectivity index (χ0n) is 10.5. The maximum absolute atomic E-state index is 12.6. The second kappa shape index (κ2) is 4.43. The number of fused-ring (bicyclic) bond motifs is 2. The van der Waals surface area contributed by atoms with Gasteiger partial charge in [0.25, 0.3) is 10.0 Å². The van der Waals surface area contributed by atoms with Gasteiger partial charge in [0.15, 0.2) is 5.78 Å². The predicted octanol–water partition coefficient (Wildman–Crippen LogP) is 2.82. The Morgan fingerprint density at radius 3 is 2.50 bits per heavy atom. The van der Waals surface area contributed by atoms with Crippen LogP contribution in [-0.4, -0.2) is 21.2 Å². The van der Waals surface area contributed by atoms with Crippen LogP contribution in [0.1, 0.15) is 15.9 Å². The fraction of sp³-hybridized carbons (Fsp3) is 0.0714. The molecule has 0 bridgehead atoms. The Bertz CT molecular complexity index is 830. The minimum Gasteiger partial charge on any atom is -0.288 e. The maximum atomic E-state index is 12.6. The third kappa shape index (κ3) is 1.79. The van der Waals surface area contributed by atoms with Crippen LogP contribution < -0.4 is 4.31 Å². The average molecular weight is 352 g/mol. The van der Waals surface area contributed by atoms with E-state index >= 15 is 0 Å². The molecule has 1 heterocycles. The van der Waals surface area contributed by atoms with Gasteiger partial charge in [-0.3, -0.25) is 9.10 Å². The zero-order chi connectivity index (χ0) is 14.5. The van der Waals surface area contributed by atoms with Crippen molar-refractivity contribution in [1.82, 2.24) is 0 Å². The van der Waals surface area contributed by atoms with Crippen molar-refractivity contribution in [3.05, 3.63) is 58.1 Å². The summed E-state index contributed by atoms with van der Waals surface area (Å²) in [4.78, 5) is 12.6. The molecule has 20 heavy (non-hydrogen) atoms. The van der Waals surface area contributed by atoms with Crippen LogP contribution in [0.25, 0.3) is 0 Å². The number of sulfonamides is 1. The zero-order valence-corrected chi connectivity index (χ0v) is 12.9. The number of benzene rings is 2. The topological polar surface area (TPSA) is 54.5 Å². The van der Waals surface area contributed by atoms with E-state index in [1.807, 2.05) is 0 Å². The van der Waals surface area contributed by atoms with Gasteiger partial charge in [0.05, 0.1) is 10.6 Å². The molecule has 6 heteroatoms. The van der Waals surface area contributed by atoms with Gasteiger partial charge in [0.2, 0.25) is 0 Å². The molecule has 3 rings (SSSR count). The highest BCUT2D eigenvalue weighted by Gasteiger charge is 2.33. The number of para-hydroxylation sites is 1. The molecule has 0 saturated carbocycles. The fourth-order valence-corrected chi connectivity index (χ4v) is 4.20. The molecule has 0 radical (unpaired) electrons. The number of hydrogen-bond acceptors (Lipinski definition) is 3. The quantitative estimate of drug-likeness (QED) is 0.733. The van der Waals surface area contributed by atoms with Crippen LogP contribution >= 0.6 is 15.9 Å². The molecule has 1 aliphatic rings. The molecule has 2 aromatic rings. The van der Waals surface area contributed by atoms with Gasteiger partial charge in [-0.05, 0) is 30.3 Å². The number of carbonyl (C=O) groups excluding carboxylic acids is 1. The molecule has 0 saturated heterocycles. The molecule has 0 fully saturated rings. The second-order valence-corrected chi connectivity index (χ2v) is 7.31. The first-order valence-corrected chi connectivity index (χ1v) is 8.08. The first-order valence-electron chi connectivity index (χ1n) is 5.85. The van der Waals surface area contributed by atoms with Gasteiger partial charge in [-0.25, -0.2) is 8.42 Å². The summed E-state index contributed by atoms with van der Waals surface area (Å²) in [5, 5.41) is 0. The van der Waals surface area contributed by atoms with E-state index in [1.165, 1.54) is 19.2 Å². The molecule has 0 unspecified atom stereocenters. The number of rotatable bonds is 0.